The van der Waals surface area contributed by atoms with E-state index in [1.54, 1.807) is 0 Å². The number of rotatable bonds is 3. The molecular formula is C8H17N3O3S. The van der Waals surface area contributed by atoms with Crippen molar-refractivity contribution in [3.63, 3.8) is 0 Å². The fraction of sp³-hybridized carbons (Fsp3) is 0.875. The number of carbonyl (C=O) groups is 1. The number of nitrogens with zero attached hydrogens (tertiary/aromatic N) is 1. The summed E-state index contributed by atoms with van der Waals surface area (Å²) in [5.74, 6) is -0.0745. The minimum absolute atomic E-state index is 0.00608. The van der Waals surface area contributed by atoms with Crippen molar-refractivity contribution < 1.29 is 13.2 Å². The molecule has 0 bridgehead atoms. The Balaban J connectivity index is 2.46. The molecule has 15 heavy (non-hydrogen) atoms. The number of hydrogen-bond donors (Lipinski definition) is 2. The highest BCUT2D eigenvalue weighted by Crippen LogP contribution is 2.18. The van der Waals surface area contributed by atoms with Crippen LogP contribution < -0.4 is 10.5 Å². The van der Waals surface area contributed by atoms with Gasteiger partial charge in [0.1, 0.15) is 0 Å². The Morgan fingerprint density at radius 2 is 2.00 bits per heavy atom. The molecule has 1 aliphatic rings. The zero-order valence-corrected chi connectivity index (χ0v) is 9.59. The summed E-state index contributed by atoms with van der Waals surface area (Å²) in [5, 5.41) is 7.72. The molecule has 0 aromatic rings. The maximum absolute atomic E-state index is 11.4. The minimum atomic E-state index is -3.59. The molecule has 0 radical (unpaired) electrons. The first kappa shape index (κ1) is 12.4. The molecule has 1 heterocycles. The van der Waals surface area contributed by atoms with E-state index in [4.69, 9.17) is 5.14 Å². The molecule has 7 heteroatoms. The van der Waals surface area contributed by atoms with Crippen molar-refractivity contribution in [3.8, 4) is 0 Å². The number of piperidine rings is 1. The van der Waals surface area contributed by atoms with E-state index in [0.717, 1.165) is 0 Å². The zero-order valence-electron chi connectivity index (χ0n) is 8.77. The molecule has 0 aromatic carbocycles. The monoisotopic (exact) mass is 235 g/mol. The van der Waals surface area contributed by atoms with Crippen molar-refractivity contribution in [2.75, 3.05) is 19.6 Å². The van der Waals surface area contributed by atoms with E-state index in [9.17, 15) is 13.2 Å². The lowest BCUT2D eigenvalue weighted by Gasteiger charge is -2.28. The minimum Gasteiger partial charge on any atom is -0.356 e. The summed E-state index contributed by atoms with van der Waals surface area (Å²) in [7, 11) is -3.59. The van der Waals surface area contributed by atoms with Crippen LogP contribution in [0.3, 0.4) is 0 Å². The second kappa shape index (κ2) is 4.91. The highest BCUT2D eigenvalue weighted by Gasteiger charge is 2.28. The average molecular weight is 235 g/mol. The van der Waals surface area contributed by atoms with Gasteiger partial charge >= 0.3 is 0 Å². The first-order valence-corrected chi connectivity index (χ1v) is 6.51. The van der Waals surface area contributed by atoms with E-state index in [1.165, 1.54) is 4.31 Å². The molecule has 0 aliphatic carbocycles. The van der Waals surface area contributed by atoms with Crippen LogP contribution in [0.15, 0.2) is 0 Å². The second-order valence-corrected chi connectivity index (χ2v) is 5.16. The number of nitrogens with two attached hydrogens (primary N) is 1. The molecule has 0 spiro atoms. The van der Waals surface area contributed by atoms with Crippen LogP contribution in [0.1, 0.15) is 19.8 Å². The van der Waals surface area contributed by atoms with Gasteiger partial charge in [0, 0.05) is 25.6 Å². The van der Waals surface area contributed by atoms with Crippen LogP contribution in [0.5, 0.6) is 0 Å². The van der Waals surface area contributed by atoms with Gasteiger partial charge in [0.25, 0.3) is 10.2 Å². The fourth-order valence-corrected chi connectivity index (χ4v) is 2.41. The molecule has 88 valence electrons. The number of carbonyl (C=O) groups excluding carboxylic acids is 1. The lowest BCUT2D eigenvalue weighted by atomic mass is 9.97. The van der Waals surface area contributed by atoms with Gasteiger partial charge in [-0.25, -0.2) is 5.14 Å². The molecule has 3 N–H and O–H groups in total. The Bertz CT molecular complexity index is 320. The van der Waals surface area contributed by atoms with Crippen LogP contribution in [-0.4, -0.2) is 38.3 Å². The van der Waals surface area contributed by atoms with Crippen LogP contribution in [0.2, 0.25) is 0 Å². The van der Waals surface area contributed by atoms with Crippen molar-refractivity contribution in [2.24, 2.45) is 11.1 Å². The van der Waals surface area contributed by atoms with Gasteiger partial charge < -0.3 is 5.32 Å². The van der Waals surface area contributed by atoms with Gasteiger partial charge in [0.15, 0.2) is 0 Å². The number of hydrogen-bond acceptors (Lipinski definition) is 3. The molecule has 1 aliphatic heterocycles. The van der Waals surface area contributed by atoms with Gasteiger partial charge in [-0.15, -0.1) is 0 Å². The maximum atomic E-state index is 11.4. The van der Waals surface area contributed by atoms with Crippen molar-refractivity contribution >= 4 is 16.1 Å². The molecule has 1 fully saturated rings. The molecule has 6 nitrogen and oxygen atoms in total. The smallest absolute Gasteiger partial charge is 0.276 e. The molecule has 0 unspecified atom stereocenters. The summed E-state index contributed by atoms with van der Waals surface area (Å²) in [6, 6.07) is 0. The Labute approximate surface area is 90.0 Å². The van der Waals surface area contributed by atoms with Gasteiger partial charge in [0.2, 0.25) is 5.91 Å². The summed E-state index contributed by atoms with van der Waals surface area (Å²) in [4.78, 5) is 11.4. The van der Waals surface area contributed by atoms with E-state index < -0.39 is 10.2 Å². The van der Waals surface area contributed by atoms with Crippen LogP contribution >= 0.6 is 0 Å². The highest BCUT2D eigenvalue weighted by molar-refractivity contribution is 7.86. The SMILES string of the molecule is CCNC(=O)C1CCN(S(N)(=O)=O)CC1. The molecule has 1 saturated heterocycles. The van der Waals surface area contributed by atoms with Gasteiger partial charge in [-0.05, 0) is 19.8 Å². The van der Waals surface area contributed by atoms with Gasteiger partial charge in [-0.2, -0.15) is 12.7 Å². The van der Waals surface area contributed by atoms with Crippen LogP contribution in [0, 0.1) is 5.92 Å². The predicted molar refractivity (Wildman–Crippen MR) is 56.1 cm³/mol. The molecule has 0 atom stereocenters. The number of amides is 1. The normalized spacial score (nSPS) is 20.1. The third kappa shape index (κ3) is 3.44. The van der Waals surface area contributed by atoms with Crippen molar-refractivity contribution in [2.45, 2.75) is 19.8 Å². The van der Waals surface area contributed by atoms with Crippen LogP contribution in [0.4, 0.5) is 0 Å². The zero-order chi connectivity index (χ0) is 11.5. The van der Waals surface area contributed by atoms with Crippen molar-refractivity contribution in [1.29, 1.82) is 0 Å². The first-order chi connectivity index (χ1) is 6.95. The Hall–Kier alpha value is -0.660. The Morgan fingerprint density at radius 1 is 1.47 bits per heavy atom. The second-order valence-electron chi connectivity index (χ2n) is 3.61. The lowest BCUT2D eigenvalue weighted by molar-refractivity contribution is -0.126. The molecular weight excluding hydrogens is 218 g/mol. The third-order valence-electron chi connectivity index (χ3n) is 2.54. The van der Waals surface area contributed by atoms with Gasteiger partial charge in [-0.1, -0.05) is 0 Å². The topological polar surface area (TPSA) is 92.5 Å². The van der Waals surface area contributed by atoms with E-state index in [-0.39, 0.29) is 11.8 Å². The summed E-state index contributed by atoms with van der Waals surface area (Å²) in [5.41, 5.74) is 0. The van der Waals surface area contributed by atoms with Crippen LogP contribution in [-0.2, 0) is 15.0 Å². The summed E-state index contributed by atoms with van der Waals surface area (Å²) >= 11 is 0. The number of nitrogens with one attached hydrogen (secondary N) is 1. The van der Waals surface area contributed by atoms with E-state index in [0.29, 0.717) is 32.5 Å². The Morgan fingerprint density at radius 3 is 2.40 bits per heavy atom. The van der Waals surface area contributed by atoms with E-state index in [1.807, 2.05) is 6.92 Å². The summed E-state index contributed by atoms with van der Waals surface area (Å²) in [6.45, 7) is 3.13. The summed E-state index contributed by atoms with van der Waals surface area (Å²) in [6.07, 6.45) is 1.09. The average Bonchev–Trinajstić information content (AvgIpc) is 2.17. The molecule has 1 rings (SSSR count). The largest absolute Gasteiger partial charge is 0.356 e. The van der Waals surface area contributed by atoms with Crippen LogP contribution in [0.25, 0.3) is 0 Å². The first-order valence-electron chi connectivity index (χ1n) is 5.00. The predicted octanol–water partition coefficient (Wildman–Crippen LogP) is -0.962. The quantitative estimate of drug-likeness (QED) is 0.659. The summed E-state index contributed by atoms with van der Waals surface area (Å²) < 4.78 is 23.2. The molecule has 0 aromatic heterocycles. The van der Waals surface area contributed by atoms with Gasteiger partial charge in [-0.3, -0.25) is 4.79 Å². The standard InChI is InChI=1S/C8H17N3O3S/c1-2-10-8(12)7-3-5-11(6-4-7)15(9,13)14/h7H,2-6H2,1H3,(H,10,12)(H2,9,13,14). The van der Waals surface area contributed by atoms with Crippen molar-refractivity contribution in [1.82, 2.24) is 9.62 Å². The lowest BCUT2D eigenvalue weighted by Crippen LogP contribution is -2.45. The Kier molecular flexibility index (Phi) is 4.06. The molecule has 1 amide bonds. The van der Waals surface area contributed by atoms with Gasteiger partial charge in [0.05, 0.1) is 0 Å². The fourth-order valence-electron chi connectivity index (χ4n) is 1.69. The van der Waals surface area contributed by atoms with E-state index >= 15 is 0 Å². The third-order valence-corrected chi connectivity index (χ3v) is 3.62. The maximum Gasteiger partial charge on any atom is 0.276 e. The van der Waals surface area contributed by atoms with Crippen molar-refractivity contribution in [3.05, 3.63) is 0 Å². The van der Waals surface area contributed by atoms with E-state index in [2.05, 4.69) is 5.32 Å². The highest BCUT2D eigenvalue weighted by atomic mass is 32.2. The molecule has 0 saturated carbocycles.